The zero-order valence-electron chi connectivity index (χ0n) is 7.50. The van der Waals surface area contributed by atoms with Crippen LogP contribution in [-0.2, 0) is 4.74 Å². The summed E-state index contributed by atoms with van der Waals surface area (Å²) in [5, 5.41) is 8.83. The third-order valence-electron chi connectivity index (χ3n) is 2.39. The van der Waals surface area contributed by atoms with Crippen LogP contribution >= 0.6 is 0 Å². The topological polar surface area (TPSA) is 32.7 Å². The SMILES string of the molecule is CN1CC(CO)OCC1(C)C. The van der Waals surface area contributed by atoms with Gasteiger partial charge in [0.2, 0.25) is 0 Å². The van der Waals surface area contributed by atoms with E-state index in [4.69, 9.17) is 9.84 Å². The van der Waals surface area contributed by atoms with Crippen molar-refractivity contribution in [3.8, 4) is 0 Å². The largest absolute Gasteiger partial charge is 0.394 e. The standard InChI is InChI=1S/C8H17NO2/c1-8(2)6-11-7(5-10)4-9(8)3/h7,10H,4-6H2,1-3H3. The van der Waals surface area contributed by atoms with E-state index in [-0.39, 0.29) is 18.2 Å². The number of aliphatic hydroxyl groups excluding tert-OH is 1. The first kappa shape index (κ1) is 8.97. The number of hydrogen-bond donors (Lipinski definition) is 1. The Morgan fingerprint density at radius 3 is 2.73 bits per heavy atom. The van der Waals surface area contributed by atoms with E-state index in [0.29, 0.717) is 6.61 Å². The minimum atomic E-state index is 0.00743. The van der Waals surface area contributed by atoms with Gasteiger partial charge in [-0.3, -0.25) is 4.90 Å². The maximum absolute atomic E-state index is 8.83. The molecular formula is C8H17NO2. The third-order valence-corrected chi connectivity index (χ3v) is 2.39. The lowest BCUT2D eigenvalue weighted by molar-refractivity contribution is -0.103. The molecule has 0 aromatic rings. The van der Waals surface area contributed by atoms with E-state index in [0.717, 1.165) is 6.54 Å². The molecule has 1 aliphatic rings. The van der Waals surface area contributed by atoms with Crippen LogP contribution in [-0.4, -0.2) is 48.5 Å². The second kappa shape index (κ2) is 3.09. The predicted octanol–water partition coefficient (Wildman–Crippen LogP) is 0.0879. The average Bonchev–Trinajstić information content (AvgIpc) is 1.95. The van der Waals surface area contributed by atoms with Crippen LogP contribution in [0.3, 0.4) is 0 Å². The monoisotopic (exact) mass is 159 g/mol. The summed E-state index contributed by atoms with van der Waals surface area (Å²) < 4.78 is 5.42. The van der Waals surface area contributed by atoms with Gasteiger partial charge in [0.15, 0.2) is 0 Å². The maximum Gasteiger partial charge on any atom is 0.0933 e. The molecule has 1 N–H and O–H groups in total. The van der Waals surface area contributed by atoms with Gasteiger partial charge in [-0.05, 0) is 20.9 Å². The van der Waals surface area contributed by atoms with Crippen LogP contribution in [0.1, 0.15) is 13.8 Å². The fourth-order valence-electron chi connectivity index (χ4n) is 1.15. The van der Waals surface area contributed by atoms with E-state index in [9.17, 15) is 0 Å². The van der Waals surface area contributed by atoms with Crippen LogP contribution in [0.25, 0.3) is 0 Å². The molecule has 1 atom stereocenters. The van der Waals surface area contributed by atoms with E-state index in [1.165, 1.54) is 0 Å². The number of hydrogen-bond acceptors (Lipinski definition) is 3. The van der Waals surface area contributed by atoms with Gasteiger partial charge >= 0.3 is 0 Å². The highest BCUT2D eigenvalue weighted by Crippen LogP contribution is 2.19. The maximum atomic E-state index is 8.83. The first-order valence-corrected chi connectivity index (χ1v) is 4.00. The molecule has 1 aliphatic heterocycles. The zero-order chi connectivity index (χ0) is 8.48. The lowest BCUT2D eigenvalue weighted by Gasteiger charge is -2.42. The summed E-state index contributed by atoms with van der Waals surface area (Å²) in [5.74, 6) is 0. The van der Waals surface area contributed by atoms with Gasteiger partial charge in [0.1, 0.15) is 0 Å². The molecule has 1 heterocycles. The minimum Gasteiger partial charge on any atom is -0.394 e. The molecule has 66 valence electrons. The number of aliphatic hydroxyl groups is 1. The molecule has 0 spiro atoms. The Hall–Kier alpha value is -0.120. The molecule has 3 nitrogen and oxygen atoms in total. The summed E-state index contributed by atoms with van der Waals surface area (Å²) in [5.41, 5.74) is 0.117. The van der Waals surface area contributed by atoms with Gasteiger partial charge in [-0.2, -0.15) is 0 Å². The molecule has 1 saturated heterocycles. The summed E-state index contributed by atoms with van der Waals surface area (Å²) in [4.78, 5) is 2.22. The van der Waals surface area contributed by atoms with Crippen LogP contribution in [0.4, 0.5) is 0 Å². The van der Waals surface area contributed by atoms with E-state index >= 15 is 0 Å². The molecule has 0 bridgehead atoms. The second-order valence-electron chi connectivity index (χ2n) is 3.81. The molecule has 1 unspecified atom stereocenters. The van der Waals surface area contributed by atoms with Crippen molar-refractivity contribution in [3.63, 3.8) is 0 Å². The first-order chi connectivity index (χ1) is 5.06. The average molecular weight is 159 g/mol. The van der Waals surface area contributed by atoms with Crippen molar-refractivity contribution >= 4 is 0 Å². The Morgan fingerprint density at radius 1 is 1.64 bits per heavy atom. The van der Waals surface area contributed by atoms with Crippen molar-refractivity contribution in [1.82, 2.24) is 4.90 Å². The van der Waals surface area contributed by atoms with Gasteiger partial charge in [-0.1, -0.05) is 0 Å². The molecule has 1 fully saturated rings. The van der Waals surface area contributed by atoms with E-state index in [2.05, 4.69) is 25.8 Å². The minimum absolute atomic E-state index is 0.00743. The Labute approximate surface area is 68.0 Å². The summed E-state index contributed by atoms with van der Waals surface area (Å²) >= 11 is 0. The molecule has 1 rings (SSSR count). The highest BCUT2D eigenvalue weighted by Gasteiger charge is 2.31. The van der Waals surface area contributed by atoms with Crippen molar-refractivity contribution in [2.45, 2.75) is 25.5 Å². The lowest BCUT2D eigenvalue weighted by atomic mass is 10.0. The number of nitrogens with zero attached hydrogens (tertiary/aromatic N) is 1. The molecule has 3 heteroatoms. The number of rotatable bonds is 1. The van der Waals surface area contributed by atoms with Gasteiger partial charge in [0, 0.05) is 12.1 Å². The van der Waals surface area contributed by atoms with Crippen LogP contribution in [0.15, 0.2) is 0 Å². The molecule has 0 amide bonds. The van der Waals surface area contributed by atoms with E-state index in [1.54, 1.807) is 0 Å². The van der Waals surface area contributed by atoms with Gasteiger partial charge in [-0.25, -0.2) is 0 Å². The predicted molar refractivity (Wildman–Crippen MR) is 43.5 cm³/mol. The van der Waals surface area contributed by atoms with Gasteiger partial charge in [-0.15, -0.1) is 0 Å². The fourth-order valence-corrected chi connectivity index (χ4v) is 1.15. The summed E-state index contributed by atoms with van der Waals surface area (Å²) in [7, 11) is 2.06. The second-order valence-corrected chi connectivity index (χ2v) is 3.81. The van der Waals surface area contributed by atoms with Crippen LogP contribution in [0.5, 0.6) is 0 Å². The van der Waals surface area contributed by atoms with E-state index in [1.807, 2.05) is 0 Å². The zero-order valence-corrected chi connectivity index (χ0v) is 7.50. The van der Waals surface area contributed by atoms with Crippen molar-refractivity contribution in [2.24, 2.45) is 0 Å². The van der Waals surface area contributed by atoms with Gasteiger partial charge in [0.05, 0.1) is 19.3 Å². The van der Waals surface area contributed by atoms with Crippen LogP contribution in [0.2, 0.25) is 0 Å². The van der Waals surface area contributed by atoms with Gasteiger partial charge < -0.3 is 9.84 Å². The highest BCUT2D eigenvalue weighted by atomic mass is 16.5. The summed E-state index contributed by atoms with van der Waals surface area (Å²) in [6.07, 6.45) is 0.00743. The molecule has 0 aromatic heterocycles. The van der Waals surface area contributed by atoms with Crippen molar-refractivity contribution < 1.29 is 9.84 Å². The van der Waals surface area contributed by atoms with E-state index < -0.39 is 0 Å². The lowest BCUT2D eigenvalue weighted by Crippen LogP contribution is -2.54. The third kappa shape index (κ3) is 1.92. The quantitative estimate of drug-likeness (QED) is 0.588. The number of morpholine rings is 1. The van der Waals surface area contributed by atoms with Crippen LogP contribution < -0.4 is 0 Å². The first-order valence-electron chi connectivity index (χ1n) is 4.00. The molecule has 11 heavy (non-hydrogen) atoms. The van der Waals surface area contributed by atoms with Gasteiger partial charge in [0.25, 0.3) is 0 Å². The number of likely N-dealkylation sites (N-methyl/N-ethyl adjacent to an activating group) is 1. The highest BCUT2D eigenvalue weighted by molar-refractivity contribution is 4.85. The van der Waals surface area contributed by atoms with Crippen molar-refractivity contribution in [1.29, 1.82) is 0 Å². The van der Waals surface area contributed by atoms with Crippen molar-refractivity contribution in [2.75, 3.05) is 26.8 Å². The summed E-state index contributed by atoms with van der Waals surface area (Å²) in [6.45, 7) is 5.93. The summed E-state index contributed by atoms with van der Waals surface area (Å²) in [6, 6.07) is 0. The Balaban J connectivity index is 2.48. The molecule has 0 aliphatic carbocycles. The Kier molecular flexibility index (Phi) is 2.52. The molecular weight excluding hydrogens is 142 g/mol. The smallest absolute Gasteiger partial charge is 0.0933 e. The number of ether oxygens (including phenoxy) is 1. The Bertz CT molecular complexity index is 136. The molecule has 0 radical (unpaired) electrons. The molecule has 0 aromatic carbocycles. The van der Waals surface area contributed by atoms with Crippen molar-refractivity contribution in [3.05, 3.63) is 0 Å². The normalized spacial score (nSPS) is 32.2. The Morgan fingerprint density at radius 2 is 2.27 bits per heavy atom. The van der Waals surface area contributed by atoms with Crippen LogP contribution in [0, 0.1) is 0 Å². The fraction of sp³-hybridized carbons (Fsp3) is 1.00. The molecule has 0 saturated carbocycles.